The number of halogens is 2. The van der Waals surface area contributed by atoms with Crippen molar-refractivity contribution in [1.29, 1.82) is 0 Å². The van der Waals surface area contributed by atoms with E-state index in [4.69, 9.17) is 0 Å². The summed E-state index contributed by atoms with van der Waals surface area (Å²) in [6, 6.07) is 14.6. The zero-order valence-electron chi connectivity index (χ0n) is 15.5. The maximum absolute atomic E-state index is 13.5. The van der Waals surface area contributed by atoms with Gasteiger partial charge >= 0.3 is 0 Å². The maximum atomic E-state index is 13.5. The normalized spacial score (nSPS) is 13.1. The van der Waals surface area contributed by atoms with Gasteiger partial charge in [-0.05, 0) is 36.2 Å². The summed E-state index contributed by atoms with van der Waals surface area (Å²) in [4.78, 5) is 31.5. The number of aryl methyl sites for hydroxylation is 1. The Morgan fingerprint density at radius 2 is 1.69 bits per heavy atom. The van der Waals surface area contributed by atoms with Crippen LogP contribution in [0.5, 0.6) is 0 Å². The van der Waals surface area contributed by atoms with Crippen molar-refractivity contribution in [3.8, 4) is 0 Å². The molecule has 3 aromatic rings. The summed E-state index contributed by atoms with van der Waals surface area (Å²) in [5.41, 5.74) is 2.61. The van der Waals surface area contributed by atoms with Crippen LogP contribution in [0.2, 0.25) is 0 Å². The number of aromatic nitrogens is 1. The lowest BCUT2D eigenvalue weighted by molar-refractivity contribution is 0.0641. The van der Waals surface area contributed by atoms with Gasteiger partial charge in [0.25, 0.3) is 11.8 Å². The fraction of sp³-hybridized carbons (Fsp3) is 0.136. The second kappa shape index (κ2) is 7.75. The molecule has 29 heavy (non-hydrogen) atoms. The summed E-state index contributed by atoms with van der Waals surface area (Å²) < 4.78 is 26.6. The Bertz CT molecular complexity index is 1120. The molecule has 0 spiro atoms. The van der Waals surface area contributed by atoms with Gasteiger partial charge in [0.2, 0.25) is 0 Å². The number of carbonyl (C=O) groups excluding carboxylic acids is 2. The van der Waals surface area contributed by atoms with Gasteiger partial charge in [-0.1, -0.05) is 36.4 Å². The third kappa shape index (κ3) is 3.78. The highest BCUT2D eigenvalue weighted by Gasteiger charge is 2.38. The number of carbonyl (C=O) groups is 2. The minimum atomic E-state index is -0.925. The van der Waals surface area contributed by atoms with Crippen molar-refractivity contribution in [2.75, 3.05) is 0 Å². The number of fused-ring (bicyclic) bond motifs is 1. The van der Waals surface area contributed by atoms with Crippen LogP contribution in [0.4, 0.5) is 8.78 Å². The Hall–Kier alpha value is -3.06. The lowest BCUT2D eigenvalue weighted by atomic mass is 10.1. The quantitative estimate of drug-likeness (QED) is 0.450. The van der Waals surface area contributed by atoms with Crippen molar-refractivity contribution in [2.45, 2.75) is 24.2 Å². The monoisotopic (exact) mass is 410 g/mol. The van der Waals surface area contributed by atoms with Crippen LogP contribution < -0.4 is 0 Å². The molecule has 0 radical (unpaired) electrons. The molecule has 7 heteroatoms. The molecule has 0 saturated carbocycles. The fourth-order valence-corrected chi connectivity index (χ4v) is 4.22. The predicted octanol–water partition coefficient (Wildman–Crippen LogP) is 4.76. The molecule has 1 aromatic heterocycles. The minimum Gasteiger partial charge on any atom is -0.270 e. The van der Waals surface area contributed by atoms with Gasteiger partial charge in [-0.25, -0.2) is 13.8 Å². The van der Waals surface area contributed by atoms with E-state index in [0.29, 0.717) is 27.6 Å². The lowest BCUT2D eigenvalue weighted by Gasteiger charge is -2.13. The predicted molar refractivity (Wildman–Crippen MR) is 106 cm³/mol. The van der Waals surface area contributed by atoms with Gasteiger partial charge in [-0.3, -0.25) is 14.5 Å². The summed E-state index contributed by atoms with van der Waals surface area (Å²) in [6.45, 7) is 1.93. The number of nitrogens with zero attached hydrogens (tertiary/aromatic N) is 2. The summed E-state index contributed by atoms with van der Waals surface area (Å²) in [7, 11) is 0. The van der Waals surface area contributed by atoms with Crippen molar-refractivity contribution in [3.63, 3.8) is 0 Å². The number of hydrogen-bond acceptors (Lipinski definition) is 4. The Balaban J connectivity index is 1.62. The molecule has 1 aliphatic heterocycles. The zero-order valence-corrected chi connectivity index (χ0v) is 16.3. The molecule has 4 rings (SSSR count). The first-order valence-electron chi connectivity index (χ1n) is 8.92. The Labute approximate surface area is 170 Å². The van der Waals surface area contributed by atoms with Crippen LogP contribution in [0, 0.1) is 18.6 Å². The number of amides is 2. The highest BCUT2D eigenvalue weighted by Crippen LogP contribution is 2.34. The van der Waals surface area contributed by atoms with E-state index < -0.39 is 17.5 Å². The molecule has 0 bridgehead atoms. The molecule has 0 fully saturated rings. The van der Waals surface area contributed by atoms with Crippen molar-refractivity contribution in [2.24, 2.45) is 0 Å². The van der Waals surface area contributed by atoms with E-state index in [2.05, 4.69) is 4.98 Å². The van der Waals surface area contributed by atoms with Crippen LogP contribution in [0.1, 0.15) is 37.5 Å². The third-order valence-electron chi connectivity index (χ3n) is 4.59. The summed E-state index contributed by atoms with van der Waals surface area (Å²) in [5.74, 6) is -2.29. The molecule has 1 aliphatic rings. The second-order valence-corrected chi connectivity index (χ2v) is 7.67. The van der Waals surface area contributed by atoms with Crippen molar-refractivity contribution in [1.82, 2.24) is 9.88 Å². The van der Waals surface area contributed by atoms with Crippen molar-refractivity contribution >= 4 is 23.6 Å². The zero-order chi connectivity index (χ0) is 20.5. The summed E-state index contributed by atoms with van der Waals surface area (Å²) in [6.07, 6.45) is 0. The van der Waals surface area contributed by atoms with Gasteiger partial charge in [-0.15, -0.1) is 11.8 Å². The number of benzene rings is 2. The minimum absolute atomic E-state index is 0.180. The fourth-order valence-electron chi connectivity index (χ4n) is 3.19. The van der Waals surface area contributed by atoms with Crippen LogP contribution >= 0.6 is 11.8 Å². The van der Waals surface area contributed by atoms with Crippen LogP contribution in [-0.4, -0.2) is 21.7 Å². The molecule has 0 unspecified atom stereocenters. The van der Waals surface area contributed by atoms with Gasteiger partial charge in [0.15, 0.2) is 11.6 Å². The smallest absolute Gasteiger partial charge is 0.264 e. The van der Waals surface area contributed by atoms with E-state index in [1.807, 2.05) is 30.3 Å². The number of pyridine rings is 1. The highest BCUT2D eigenvalue weighted by atomic mass is 32.2. The van der Waals surface area contributed by atoms with E-state index in [1.54, 1.807) is 13.0 Å². The SMILES string of the molecule is Cc1cc2c(c(SCc3ccc(F)c(F)c3)n1)C(=O)N(Cc1ccccc1)C2=O. The van der Waals surface area contributed by atoms with E-state index in [-0.39, 0.29) is 18.0 Å². The molecule has 0 aliphatic carbocycles. The van der Waals surface area contributed by atoms with Gasteiger partial charge in [0.1, 0.15) is 5.03 Å². The Morgan fingerprint density at radius 3 is 2.41 bits per heavy atom. The molecule has 2 amide bonds. The molecular weight excluding hydrogens is 394 g/mol. The first kappa shape index (κ1) is 19.3. The number of imide groups is 1. The van der Waals surface area contributed by atoms with Gasteiger partial charge < -0.3 is 0 Å². The average Bonchev–Trinajstić information content (AvgIpc) is 2.94. The molecule has 2 heterocycles. The summed E-state index contributed by atoms with van der Waals surface area (Å²) in [5, 5.41) is 0.415. The third-order valence-corrected chi connectivity index (χ3v) is 5.64. The van der Waals surface area contributed by atoms with E-state index in [9.17, 15) is 18.4 Å². The molecule has 0 atom stereocenters. The standard InChI is InChI=1S/C22H16F2N2O2S/c1-13-9-16-19(20(25-13)29-12-15-7-8-17(23)18(24)10-15)22(28)26(21(16)27)11-14-5-3-2-4-6-14/h2-10H,11-12H2,1H3. The Kier molecular flexibility index (Phi) is 5.15. The van der Waals surface area contributed by atoms with Crippen LogP contribution in [-0.2, 0) is 12.3 Å². The van der Waals surface area contributed by atoms with Crippen LogP contribution in [0.25, 0.3) is 0 Å². The second-order valence-electron chi connectivity index (χ2n) is 6.71. The highest BCUT2D eigenvalue weighted by molar-refractivity contribution is 7.98. The van der Waals surface area contributed by atoms with Crippen LogP contribution in [0.3, 0.4) is 0 Å². The van der Waals surface area contributed by atoms with E-state index in [0.717, 1.165) is 17.7 Å². The van der Waals surface area contributed by atoms with Gasteiger partial charge in [0.05, 0.1) is 17.7 Å². The molecule has 146 valence electrons. The number of thioether (sulfide) groups is 1. The topological polar surface area (TPSA) is 50.3 Å². The first-order chi connectivity index (χ1) is 13.9. The molecular formula is C22H16F2N2O2S. The van der Waals surface area contributed by atoms with Crippen molar-refractivity contribution in [3.05, 3.63) is 94.2 Å². The number of hydrogen-bond donors (Lipinski definition) is 0. The van der Waals surface area contributed by atoms with E-state index in [1.165, 1.54) is 22.7 Å². The van der Waals surface area contributed by atoms with Crippen molar-refractivity contribution < 1.29 is 18.4 Å². The van der Waals surface area contributed by atoms with Crippen LogP contribution in [0.15, 0.2) is 59.6 Å². The molecule has 2 aromatic carbocycles. The largest absolute Gasteiger partial charge is 0.270 e. The molecule has 4 nitrogen and oxygen atoms in total. The Morgan fingerprint density at radius 1 is 0.931 bits per heavy atom. The summed E-state index contributed by atoms with van der Waals surface area (Å²) >= 11 is 1.22. The number of rotatable bonds is 5. The first-order valence-corrected chi connectivity index (χ1v) is 9.91. The molecule has 0 N–H and O–H groups in total. The maximum Gasteiger partial charge on any atom is 0.264 e. The van der Waals surface area contributed by atoms with Gasteiger partial charge in [-0.2, -0.15) is 0 Å². The lowest BCUT2D eigenvalue weighted by Crippen LogP contribution is -2.29. The average molecular weight is 410 g/mol. The molecule has 0 saturated heterocycles. The van der Waals surface area contributed by atoms with E-state index >= 15 is 0 Å². The van der Waals surface area contributed by atoms with Gasteiger partial charge in [0, 0.05) is 11.4 Å².